The molecule has 5 nitrogen and oxygen atoms in total. The van der Waals surface area contributed by atoms with Gasteiger partial charge in [-0.1, -0.05) is 18.2 Å². The van der Waals surface area contributed by atoms with Crippen LogP contribution in [0.15, 0.2) is 47.4 Å². The summed E-state index contributed by atoms with van der Waals surface area (Å²) < 4.78 is 25.1. The number of nitrogens with one attached hydrogen (secondary N) is 1. The van der Waals surface area contributed by atoms with E-state index in [1.54, 1.807) is 24.3 Å². The second-order valence-corrected chi connectivity index (χ2v) is 7.10. The highest BCUT2D eigenvalue weighted by molar-refractivity contribution is 7.89. The van der Waals surface area contributed by atoms with Crippen molar-refractivity contribution in [2.45, 2.75) is 18.4 Å². The fourth-order valence-electron chi connectivity index (χ4n) is 1.82. The monoisotopic (exact) mass is 305 g/mol. The third-order valence-electron chi connectivity index (χ3n) is 3.06. The van der Waals surface area contributed by atoms with Crippen LogP contribution in [0.1, 0.15) is 11.3 Å². The highest BCUT2D eigenvalue weighted by atomic mass is 32.2. The summed E-state index contributed by atoms with van der Waals surface area (Å²) in [6.45, 7) is 2.53. The molecule has 1 aromatic carbocycles. The molecule has 1 N–H and O–H groups in total. The Morgan fingerprint density at radius 1 is 1.10 bits per heavy atom. The molecule has 0 spiro atoms. The third-order valence-corrected chi connectivity index (χ3v) is 4.89. The van der Waals surface area contributed by atoms with Gasteiger partial charge in [-0.3, -0.25) is 0 Å². The lowest BCUT2D eigenvalue weighted by molar-refractivity contribution is 0.520. The first-order chi connectivity index (χ1) is 9.89. The van der Waals surface area contributed by atoms with E-state index in [0.29, 0.717) is 11.4 Å². The van der Waals surface area contributed by atoms with Gasteiger partial charge in [0.05, 0.1) is 4.90 Å². The molecule has 0 aliphatic heterocycles. The Bertz CT molecular complexity index is 710. The highest BCUT2D eigenvalue weighted by Crippen LogP contribution is 2.15. The van der Waals surface area contributed by atoms with Gasteiger partial charge in [-0.2, -0.15) is 0 Å². The Balaban J connectivity index is 2.07. The molecule has 0 saturated heterocycles. The average Bonchev–Trinajstić information content (AvgIpc) is 2.45. The zero-order valence-corrected chi connectivity index (χ0v) is 13.2. The van der Waals surface area contributed by atoms with E-state index >= 15 is 0 Å². The maximum atomic E-state index is 12.0. The summed E-state index contributed by atoms with van der Waals surface area (Å²) in [6, 6.07) is 12.6. The third kappa shape index (κ3) is 3.80. The van der Waals surface area contributed by atoms with E-state index in [1.165, 1.54) is 18.4 Å². The number of aryl methyl sites for hydroxylation is 1. The molecule has 0 bridgehead atoms. The van der Waals surface area contributed by atoms with Crippen LogP contribution in [-0.4, -0.2) is 31.8 Å². The van der Waals surface area contributed by atoms with Crippen molar-refractivity contribution < 1.29 is 8.42 Å². The van der Waals surface area contributed by atoms with Crippen LogP contribution >= 0.6 is 0 Å². The van der Waals surface area contributed by atoms with Crippen LogP contribution in [0.5, 0.6) is 0 Å². The van der Waals surface area contributed by atoms with Gasteiger partial charge in [-0.15, -0.1) is 0 Å². The molecule has 0 amide bonds. The van der Waals surface area contributed by atoms with Gasteiger partial charge in [-0.25, -0.2) is 17.7 Å². The van der Waals surface area contributed by atoms with E-state index in [4.69, 9.17) is 0 Å². The smallest absolute Gasteiger partial charge is 0.242 e. The Morgan fingerprint density at radius 2 is 1.76 bits per heavy atom. The first-order valence-electron chi connectivity index (χ1n) is 6.58. The van der Waals surface area contributed by atoms with Crippen molar-refractivity contribution in [3.8, 4) is 0 Å². The number of hydrogen-bond acceptors (Lipinski definition) is 4. The molecule has 0 fully saturated rings. The second-order valence-electron chi connectivity index (χ2n) is 4.95. The van der Waals surface area contributed by atoms with Crippen LogP contribution in [0.4, 0.5) is 5.82 Å². The molecule has 0 radical (unpaired) electrons. The predicted molar refractivity (Wildman–Crippen MR) is 83.6 cm³/mol. The largest absolute Gasteiger partial charge is 0.366 e. The van der Waals surface area contributed by atoms with Gasteiger partial charge in [-0.05, 0) is 36.8 Å². The lowest BCUT2D eigenvalue weighted by atomic mass is 10.2. The number of aromatic nitrogens is 1. The molecule has 0 aliphatic rings. The standard InChI is InChI=1S/C15H19N3O2S/c1-12-5-4-6-15(17-12)16-11-13-7-9-14(10-8-13)21(19,20)18(2)3/h4-10H,11H2,1-3H3,(H,16,17). The summed E-state index contributed by atoms with van der Waals surface area (Å²) in [7, 11) is -0.322. The molecule has 112 valence electrons. The zero-order chi connectivity index (χ0) is 15.5. The van der Waals surface area contributed by atoms with Crippen LogP contribution < -0.4 is 5.32 Å². The van der Waals surface area contributed by atoms with E-state index in [9.17, 15) is 8.42 Å². The molecule has 0 atom stereocenters. The number of pyridine rings is 1. The van der Waals surface area contributed by atoms with E-state index in [1.807, 2.05) is 25.1 Å². The molecular weight excluding hydrogens is 286 g/mol. The number of hydrogen-bond donors (Lipinski definition) is 1. The van der Waals surface area contributed by atoms with Gasteiger partial charge < -0.3 is 5.32 Å². The van der Waals surface area contributed by atoms with Crippen LogP contribution in [0.2, 0.25) is 0 Å². The van der Waals surface area contributed by atoms with Gasteiger partial charge in [0.25, 0.3) is 0 Å². The fraction of sp³-hybridized carbons (Fsp3) is 0.267. The number of anilines is 1. The van der Waals surface area contributed by atoms with Crippen molar-refractivity contribution in [1.29, 1.82) is 0 Å². The van der Waals surface area contributed by atoms with Crippen molar-refractivity contribution in [3.63, 3.8) is 0 Å². The Morgan fingerprint density at radius 3 is 2.33 bits per heavy atom. The second kappa shape index (κ2) is 6.24. The zero-order valence-electron chi connectivity index (χ0n) is 12.4. The van der Waals surface area contributed by atoms with Gasteiger partial charge in [0, 0.05) is 26.3 Å². The predicted octanol–water partition coefficient (Wildman–Crippen LogP) is 2.25. The van der Waals surface area contributed by atoms with E-state index in [2.05, 4.69) is 10.3 Å². The molecule has 0 unspecified atom stereocenters. The Labute approximate surface area is 125 Å². The quantitative estimate of drug-likeness (QED) is 0.920. The minimum atomic E-state index is -3.37. The molecule has 0 aliphatic carbocycles. The summed E-state index contributed by atoms with van der Waals surface area (Å²) in [6.07, 6.45) is 0. The van der Waals surface area contributed by atoms with Crippen LogP contribution in [0.25, 0.3) is 0 Å². The highest BCUT2D eigenvalue weighted by Gasteiger charge is 2.16. The summed E-state index contributed by atoms with van der Waals surface area (Å²) in [5.41, 5.74) is 1.95. The molecule has 21 heavy (non-hydrogen) atoms. The van der Waals surface area contributed by atoms with Crippen molar-refractivity contribution in [2.75, 3.05) is 19.4 Å². The molecule has 2 rings (SSSR count). The molecule has 2 aromatic rings. The maximum Gasteiger partial charge on any atom is 0.242 e. The molecule has 1 heterocycles. The van der Waals surface area contributed by atoms with Crippen molar-refractivity contribution in [2.24, 2.45) is 0 Å². The van der Waals surface area contributed by atoms with E-state index in [-0.39, 0.29) is 0 Å². The number of sulfonamides is 1. The van der Waals surface area contributed by atoms with Crippen molar-refractivity contribution in [1.82, 2.24) is 9.29 Å². The maximum absolute atomic E-state index is 12.0. The molecular formula is C15H19N3O2S. The van der Waals surface area contributed by atoms with Gasteiger partial charge in [0.1, 0.15) is 5.82 Å². The summed E-state index contributed by atoms with van der Waals surface area (Å²) in [4.78, 5) is 4.65. The van der Waals surface area contributed by atoms with Crippen LogP contribution in [0, 0.1) is 6.92 Å². The first kappa shape index (κ1) is 15.5. The van der Waals surface area contributed by atoms with Gasteiger partial charge >= 0.3 is 0 Å². The van der Waals surface area contributed by atoms with Crippen LogP contribution in [0.3, 0.4) is 0 Å². The topological polar surface area (TPSA) is 62.3 Å². The number of rotatable bonds is 5. The summed E-state index contributed by atoms with van der Waals surface area (Å²) in [5.74, 6) is 0.806. The van der Waals surface area contributed by atoms with Gasteiger partial charge in [0.15, 0.2) is 0 Å². The van der Waals surface area contributed by atoms with Crippen LogP contribution in [-0.2, 0) is 16.6 Å². The van der Waals surface area contributed by atoms with Gasteiger partial charge in [0.2, 0.25) is 10.0 Å². The minimum absolute atomic E-state index is 0.296. The lowest BCUT2D eigenvalue weighted by Gasteiger charge is -2.12. The molecule has 1 aromatic heterocycles. The fourth-order valence-corrected chi connectivity index (χ4v) is 2.73. The average molecular weight is 305 g/mol. The SMILES string of the molecule is Cc1cccc(NCc2ccc(S(=O)(=O)N(C)C)cc2)n1. The summed E-state index contributed by atoms with van der Waals surface area (Å²) >= 11 is 0. The Hall–Kier alpha value is -1.92. The molecule has 6 heteroatoms. The summed E-state index contributed by atoms with van der Waals surface area (Å²) in [5, 5.41) is 3.21. The van der Waals surface area contributed by atoms with E-state index < -0.39 is 10.0 Å². The van der Waals surface area contributed by atoms with Crippen molar-refractivity contribution >= 4 is 15.8 Å². The first-order valence-corrected chi connectivity index (χ1v) is 8.02. The number of benzene rings is 1. The Kier molecular flexibility index (Phi) is 4.59. The number of nitrogens with zero attached hydrogens (tertiary/aromatic N) is 2. The van der Waals surface area contributed by atoms with Crippen molar-refractivity contribution in [3.05, 3.63) is 53.7 Å². The van der Waals surface area contributed by atoms with E-state index in [0.717, 1.165) is 17.1 Å². The molecule has 0 saturated carbocycles. The minimum Gasteiger partial charge on any atom is -0.366 e. The lowest BCUT2D eigenvalue weighted by Crippen LogP contribution is -2.22. The normalized spacial score (nSPS) is 11.6.